The van der Waals surface area contributed by atoms with E-state index in [0.717, 1.165) is 0 Å². The summed E-state index contributed by atoms with van der Waals surface area (Å²) in [7, 11) is -4.14. The highest BCUT2D eigenvalue weighted by Crippen LogP contribution is 2.49. The van der Waals surface area contributed by atoms with Crippen molar-refractivity contribution in [3.05, 3.63) is 92.1 Å². The summed E-state index contributed by atoms with van der Waals surface area (Å²) in [6, 6.07) is 14.3. The number of amides is 1. The molecule has 1 amide bonds. The Kier molecular flexibility index (Phi) is 10.1. The highest BCUT2D eigenvalue weighted by Gasteiger charge is 2.28. The lowest BCUT2D eigenvalue weighted by atomic mass is 9.88. The predicted octanol–water partition coefficient (Wildman–Crippen LogP) is 5.93. The van der Waals surface area contributed by atoms with Gasteiger partial charge >= 0.3 is 13.6 Å². The van der Waals surface area contributed by atoms with Crippen molar-refractivity contribution in [1.29, 1.82) is 0 Å². The van der Waals surface area contributed by atoms with Crippen LogP contribution in [0.5, 0.6) is 5.75 Å². The van der Waals surface area contributed by atoms with Gasteiger partial charge < -0.3 is 35.5 Å². The number of carboxylic acids is 1. The molecule has 1 unspecified atom stereocenters. The number of phenols is 1. The van der Waals surface area contributed by atoms with Crippen LogP contribution in [0.25, 0.3) is 44.5 Å². The van der Waals surface area contributed by atoms with Crippen molar-refractivity contribution in [3.63, 3.8) is 0 Å². The average molecular weight is 699 g/mol. The van der Waals surface area contributed by atoms with Gasteiger partial charge in [0.15, 0.2) is 11.0 Å². The molecule has 1 aliphatic heterocycles. The maximum absolute atomic E-state index is 13.5. The Labute approximate surface area is 278 Å². The van der Waals surface area contributed by atoms with Gasteiger partial charge in [0, 0.05) is 45.1 Å². The molecule has 0 spiro atoms. The van der Waals surface area contributed by atoms with E-state index in [1.165, 1.54) is 60.7 Å². The van der Waals surface area contributed by atoms with Crippen LogP contribution >= 0.6 is 30.8 Å². The third kappa shape index (κ3) is 6.92. The maximum Gasteiger partial charge on any atom is 0.358 e. The molecule has 14 heteroatoms. The number of aryl methyl sites for hydroxylation is 1. The van der Waals surface area contributed by atoms with Gasteiger partial charge in [-0.15, -0.1) is 0 Å². The fraction of sp³-hybridized carbons (Fsp3) is 0.182. The van der Waals surface area contributed by atoms with Crippen LogP contribution in [0.1, 0.15) is 35.2 Å². The Morgan fingerprint density at radius 3 is 2.36 bits per heavy atom. The molecule has 0 saturated carbocycles. The van der Waals surface area contributed by atoms with E-state index in [0.29, 0.717) is 24.9 Å². The first-order valence-corrected chi connectivity index (χ1v) is 16.7. The number of hydrogen-bond donors (Lipinski definition) is 5. The summed E-state index contributed by atoms with van der Waals surface area (Å²) < 4.78 is 24.1. The van der Waals surface area contributed by atoms with Crippen molar-refractivity contribution in [3.8, 4) is 39.3 Å². The maximum atomic E-state index is 13.5. The fourth-order valence-corrected chi connectivity index (χ4v) is 6.88. The number of carboxylic acid groups (broad SMARTS) is 1. The number of rotatable bonds is 12. The van der Waals surface area contributed by atoms with E-state index in [-0.39, 0.29) is 90.7 Å². The van der Waals surface area contributed by atoms with Gasteiger partial charge in [0.1, 0.15) is 16.5 Å². The monoisotopic (exact) mass is 698 g/mol. The van der Waals surface area contributed by atoms with Gasteiger partial charge in [0.2, 0.25) is 5.91 Å². The van der Waals surface area contributed by atoms with E-state index in [1.807, 2.05) is 0 Å². The minimum absolute atomic E-state index is 0.0190. The molecule has 1 heterocycles. The van der Waals surface area contributed by atoms with Gasteiger partial charge in [-0.2, -0.15) is 0 Å². The molecule has 0 radical (unpaired) electrons. The molecule has 0 bridgehead atoms. The van der Waals surface area contributed by atoms with Crippen molar-refractivity contribution in [2.75, 3.05) is 13.2 Å². The van der Waals surface area contributed by atoms with Gasteiger partial charge in [-0.25, -0.2) is 4.79 Å². The highest BCUT2D eigenvalue weighted by molar-refractivity contribution is 7.61. The molecule has 47 heavy (non-hydrogen) atoms. The smallest absolute Gasteiger partial charge is 0.358 e. The summed E-state index contributed by atoms with van der Waals surface area (Å²) >= 11 is 13.2. The number of halogens is 2. The first-order chi connectivity index (χ1) is 22.3. The predicted molar refractivity (Wildman–Crippen MR) is 180 cm³/mol. The van der Waals surface area contributed by atoms with Gasteiger partial charge in [-0.05, 0) is 73.3 Å². The molecule has 0 saturated heterocycles. The number of fused-ring (bicyclic) bond motifs is 2. The van der Waals surface area contributed by atoms with E-state index in [4.69, 9.17) is 43.6 Å². The highest BCUT2D eigenvalue weighted by atomic mass is 35.5. The number of unbranched alkanes of at least 4 members (excludes halogenated alkanes) is 1. The van der Waals surface area contributed by atoms with Gasteiger partial charge in [0.25, 0.3) is 0 Å². The molecule has 1 aliphatic carbocycles. The number of nitrogens with two attached hydrogens (primary N) is 2. The second kappa shape index (κ2) is 13.9. The van der Waals surface area contributed by atoms with E-state index in [9.17, 15) is 34.1 Å². The average Bonchev–Trinajstić information content (AvgIpc) is 3.03. The lowest BCUT2D eigenvalue weighted by Crippen LogP contribution is -2.11. The number of aromatic hydroxyl groups is 1. The number of carbonyl (C=O) groups excluding carboxylic acids is 1. The zero-order valence-electron chi connectivity index (χ0n) is 24.7. The zero-order chi connectivity index (χ0) is 34.0. The van der Waals surface area contributed by atoms with Crippen LogP contribution in [0.15, 0.2) is 69.9 Å². The quantitative estimate of drug-likeness (QED) is 0.0590. The standard InChI is InChI=1S/C33H29Cl2N2O9P/c34-24-5-3-4-20(33(41)42)29(24)28-22-15-21(17-6-9-19(10-7-17)47(43,44)45-13-2-1-12-36)25(38)16-26(22)46-32-23(28)14-18(8-11-27(37)39)31(40)30(32)35/h3-7,9-10,14-16,40H,1-2,8,11-13,36H2,(H2,37,39)(H,41,42)(H,43,44). The van der Waals surface area contributed by atoms with E-state index in [2.05, 4.69) is 0 Å². The van der Waals surface area contributed by atoms with E-state index in [1.54, 1.807) is 0 Å². The number of carbonyl (C=O) groups is 2. The summed E-state index contributed by atoms with van der Waals surface area (Å²) in [6.07, 6.45) is 1.07. The molecule has 0 fully saturated rings. The van der Waals surface area contributed by atoms with E-state index < -0.39 is 24.9 Å². The van der Waals surface area contributed by atoms with Crippen molar-refractivity contribution in [1.82, 2.24) is 0 Å². The molecule has 5 rings (SSSR count). The molecular formula is C33H29Cl2N2O9P. The molecule has 7 N–H and O–H groups in total. The minimum Gasteiger partial charge on any atom is -0.506 e. The first-order valence-electron chi connectivity index (χ1n) is 14.4. The fourth-order valence-electron chi connectivity index (χ4n) is 5.29. The molecule has 3 aromatic rings. The summed E-state index contributed by atoms with van der Waals surface area (Å²) in [6.45, 7) is 0.483. The molecule has 0 aromatic heterocycles. The van der Waals surface area contributed by atoms with Gasteiger partial charge in [0.05, 0.1) is 17.5 Å². The number of hydrogen-bond acceptors (Lipinski definition) is 8. The molecule has 3 aromatic carbocycles. The van der Waals surface area contributed by atoms with Crippen molar-refractivity contribution >= 4 is 58.9 Å². The summed E-state index contributed by atoms with van der Waals surface area (Å²) in [5.41, 5.74) is 11.5. The number of benzene rings is 4. The van der Waals surface area contributed by atoms with Crippen molar-refractivity contribution in [2.45, 2.75) is 25.7 Å². The summed E-state index contributed by atoms with van der Waals surface area (Å²) in [4.78, 5) is 47.9. The topological polar surface area (TPSA) is 203 Å². The third-order valence-electron chi connectivity index (χ3n) is 7.61. The lowest BCUT2D eigenvalue weighted by molar-refractivity contribution is -0.118. The van der Waals surface area contributed by atoms with Gasteiger partial charge in [-0.1, -0.05) is 41.4 Å². The number of primary amides is 1. The summed E-state index contributed by atoms with van der Waals surface area (Å²) in [5.74, 6) is -2.24. The largest absolute Gasteiger partial charge is 0.506 e. The minimum atomic E-state index is -4.14. The normalized spacial score (nSPS) is 12.8. The Bertz CT molecular complexity index is 2100. The van der Waals surface area contributed by atoms with Gasteiger partial charge in [-0.3, -0.25) is 14.2 Å². The number of aromatic carboxylic acids is 1. The number of phenolic OH excluding ortho intramolecular Hbond substituents is 1. The van der Waals surface area contributed by atoms with Crippen molar-refractivity contribution in [2.24, 2.45) is 11.5 Å². The van der Waals surface area contributed by atoms with Crippen LogP contribution in [0, 0.1) is 0 Å². The summed E-state index contributed by atoms with van der Waals surface area (Å²) in [5, 5.41) is 21.1. The van der Waals surface area contributed by atoms with Crippen LogP contribution < -0.4 is 22.2 Å². The SMILES string of the molecule is NCCCCOP(=O)(O)c1ccc(-c2cc3c(-c4c(Cl)cccc4C(=O)O)c4cc(CCC(N)=O)c(O)c(Cl)c4oc-3cc2=O)cc1. The van der Waals surface area contributed by atoms with Crippen LogP contribution in [0.4, 0.5) is 0 Å². The lowest BCUT2D eigenvalue weighted by Gasteiger charge is -2.20. The van der Waals surface area contributed by atoms with Crippen LogP contribution in [0.3, 0.4) is 0 Å². The van der Waals surface area contributed by atoms with Crippen LogP contribution in [-0.4, -0.2) is 40.1 Å². The van der Waals surface area contributed by atoms with E-state index >= 15 is 0 Å². The second-order valence-corrected chi connectivity index (χ2v) is 13.3. The Balaban J connectivity index is 1.77. The Morgan fingerprint density at radius 2 is 1.70 bits per heavy atom. The molecular weight excluding hydrogens is 670 g/mol. The zero-order valence-corrected chi connectivity index (χ0v) is 27.1. The van der Waals surface area contributed by atoms with Crippen LogP contribution in [-0.2, 0) is 20.3 Å². The van der Waals surface area contributed by atoms with Crippen molar-refractivity contribution < 1.29 is 38.2 Å². The third-order valence-corrected chi connectivity index (χ3v) is 9.76. The molecule has 2 aliphatic rings. The first kappa shape index (κ1) is 34.1. The molecule has 244 valence electrons. The van der Waals surface area contributed by atoms with Crippen LogP contribution in [0.2, 0.25) is 10.0 Å². The Hall–Kier alpha value is -4.22. The molecule has 11 nitrogen and oxygen atoms in total. The second-order valence-electron chi connectivity index (χ2n) is 10.7. The molecule has 1 atom stereocenters. The Morgan fingerprint density at radius 1 is 0.979 bits per heavy atom.